The van der Waals surface area contributed by atoms with Crippen molar-refractivity contribution in [3.8, 4) is 0 Å². The fourth-order valence-electron chi connectivity index (χ4n) is 3.06. The number of imide groups is 1. The maximum absolute atomic E-state index is 13.9. The Morgan fingerprint density at radius 3 is 2.56 bits per heavy atom. The quantitative estimate of drug-likeness (QED) is 0.815. The van der Waals surface area contributed by atoms with Gasteiger partial charge in [0.25, 0.3) is 0 Å². The van der Waals surface area contributed by atoms with Gasteiger partial charge in [-0.1, -0.05) is 35.9 Å². The van der Waals surface area contributed by atoms with Crippen molar-refractivity contribution in [3.63, 3.8) is 0 Å². The van der Waals surface area contributed by atoms with E-state index in [0.717, 1.165) is 24.0 Å². The van der Waals surface area contributed by atoms with Gasteiger partial charge in [-0.05, 0) is 44.4 Å². The minimum absolute atomic E-state index is 0.0549. The van der Waals surface area contributed by atoms with E-state index < -0.39 is 11.9 Å². The fourth-order valence-corrected chi connectivity index (χ4v) is 3.06. The Kier molecular flexibility index (Phi) is 5.86. The average Bonchev–Trinajstić information content (AvgIpc) is 3.43. The van der Waals surface area contributed by atoms with Crippen molar-refractivity contribution in [1.82, 2.24) is 10.2 Å². The highest BCUT2D eigenvalue weighted by atomic mass is 19.1. The molecular formula is C21H24FN3O2. The summed E-state index contributed by atoms with van der Waals surface area (Å²) in [6.45, 7) is 4.28. The van der Waals surface area contributed by atoms with Gasteiger partial charge >= 0.3 is 6.03 Å². The number of urea groups is 1. The molecule has 0 unspecified atom stereocenters. The molecule has 3 rings (SSSR count). The third kappa shape index (κ3) is 5.37. The summed E-state index contributed by atoms with van der Waals surface area (Å²) >= 11 is 0. The summed E-state index contributed by atoms with van der Waals surface area (Å²) in [5, 5.41) is 5.06. The number of nitrogens with zero attached hydrogens (tertiary/aromatic N) is 1. The number of halogens is 1. The molecule has 1 aliphatic rings. The lowest BCUT2D eigenvalue weighted by atomic mass is 10.1. The van der Waals surface area contributed by atoms with E-state index in [1.807, 2.05) is 36.9 Å². The standard InChI is InChI=1S/C21H24FN3O2/c1-14-7-10-19(15(2)11-14)23-21(27)24-20(26)13-25(17-8-9-17)12-16-5-3-4-6-18(16)22/h3-7,10-11,17H,8-9,12-13H2,1-2H3,(H2,23,24,26,27). The molecule has 142 valence electrons. The van der Waals surface area contributed by atoms with Crippen LogP contribution in [0.3, 0.4) is 0 Å². The summed E-state index contributed by atoms with van der Waals surface area (Å²) in [5.74, 6) is -0.684. The van der Waals surface area contributed by atoms with E-state index >= 15 is 0 Å². The van der Waals surface area contributed by atoms with E-state index in [0.29, 0.717) is 17.8 Å². The third-order valence-electron chi connectivity index (χ3n) is 4.62. The fraction of sp³-hybridized carbons (Fsp3) is 0.333. The molecule has 0 atom stereocenters. The molecule has 0 aliphatic heterocycles. The summed E-state index contributed by atoms with van der Waals surface area (Å²) in [6, 6.07) is 11.9. The molecule has 1 fully saturated rings. The molecule has 0 aromatic heterocycles. The SMILES string of the molecule is Cc1ccc(NC(=O)NC(=O)CN(Cc2ccccc2F)C2CC2)c(C)c1. The Bertz CT molecular complexity index is 849. The molecule has 27 heavy (non-hydrogen) atoms. The molecule has 0 heterocycles. The Morgan fingerprint density at radius 1 is 1.15 bits per heavy atom. The minimum atomic E-state index is -0.561. The van der Waals surface area contributed by atoms with Gasteiger partial charge in [0.2, 0.25) is 5.91 Å². The maximum Gasteiger partial charge on any atom is 0.325 e. The first-order valence-corrected chi connectivity index (χ1v) is 9.08. The highest BCUT2D eigenvalue weighted by molar-refractivity contribution is 6.02. The number of carbonyl (C=O) groups excluding carboxylic acids is 2. The monoisotopic (exact) mass is 369 g/mol. The topological polar surface area (TPSA) is 61.4 Å². The van der Waals surface area contributed by atoms with Crippen molar-refractivity contribution in [2.24, 2.45) is 0 Å². The lowest BCUT2D eigenvalue weighted by Crippen LogP contribution is -2.42. The van der Waals surface area contributed by atoms with E-state index in [4.69, 9.17) is 0 Å². The van der Waals surface area contributed by atoms with Crippen LogP contribution < -0.4 is 10.6 Å². The number of carbonyl (C=O) groups is 2. The number of amides is 3. The lowest BCUT2D eigenvalue weighted by molar-refractivity contribution is -0.121. The van der Waals surface area contributed by atoms with Gasteiger partial charge in [-0.25, -0.2) is 9.18 Å². The Morgan fingerprint density at radius 2 is 1.89 bits per heavy atom. The van der Waals surface area contributed by atoms with Crippen molar-refractivity contribution in [2.75, 3.05) is 11.9 Å². The van der Waals surface area contributed by atoms with E-state index in [-0.39, 0.29) is 18.4 Å². The van der Waals surface area contributed by atoms with Crippen LogP contribution in [-0.2, 0) is 11.3 Å². The Labute approximate surface area is 158 Å². The summed E-state index contributed by atoms with van der Waals surface area (Å²) in [4.78, 5) is 26.3. The number of anilines is 1. The molecular weight excluding hydrogens is 345 g/mol. The second-order valence-corrected chi connectivity index (χ2v) is 7.05. The highest BCUT2D eigenvalue weighted by Crippen LogP contribution is 2.28. The Hall–Kier alpha value is -2.73. The summed E-state index contributed by atoms with van der Waals surface area (Å²) in [6.07, 6.45) is 1.97. The van der Waals surface area contributed by atoms with E-state index in [2.05, 4.69) is 10.6 Å². The van der Waals surface area contributed by atoms with Crippen LogP contribution in [0.2, 0.25) is 0 Å². The van der Waals surface area contributed by atoms with Gasteiger partial charge < -0.3 is 5.32 Å². The van der Waals surface area contributed by atoms with Gasteiger partial charge in [0.05, 0.1) is 6.54 Å². The van der Waals surface area contributed by atoms with E-state index in [9.17, 15) is 14.0 Å². The molecule has 2 aromatic rings. The van der Waals surface area contributed by atoms with Crippen LogP contribution in [-0.4, -0.2) is 29.4 Å². The van der Waals surface area contributed by atoms with Crippen molar-refractivity contribution >= 4 is 17.6 Å². The maximum atomic E-state index is 13.9. The first-order chi connectivity index (χ1) is 12.9. The molecule has 3 amide bonds. The van der Waals surface area contributed by atoms with Crippen LogP contribution >= 0.6 is 0 Å². The summed E-state index contributed by atoms with van der Waals surface area (Å²) in [7, 11) is 0. The molecule has 5 nitrogen and oxygen atoms in total. The first kappa shape index (κ1) is 19.0. The molecule has 1 aliphatic carbocycles. The zero-order chi connectivity index (χ0) is 19.4. The Balaban J connectivity index is 1.56. The van der Waals surface area contributed by atoms with Gasteiger partial charge in [0, 0.05) is 23.8 Å². The number of rotatable bonds is 6. The van der Waals surface area contributed by atoms with Crippen LogP contribution in [0, 0.1) is 19.7 Å². The number of aryl methyl sites for hydroxylation is 2. The molecule has 2 aromatic carbocycles. The number of benzene rings is 2. The summed E-state index contributed by atoms with van der Waals surface area (Å²) in [5.41, 5.74) is 3.24. The van der Waals surface area contributed by atoms with Crippen LogP contribution in [0.25, 0.3) is 0 Å². The predicted octanol–water partition coefficient (Wildman–Crippen LogP) is 3.76. The smallest absolute Gasteiger partial charge is 0.307 e. The molecule has 2 N–H and O–H groups in total. The second kappa shape index (κ2) is 8.31. The summed E-state index contributed by atoms with van der Waals surface area (Å²) < 4.78 is 13.9. The predicted molar refractivity (Wildman–Crippen MR) is 103 cm³/mol. The number of hydrogen-bond donors (Lipinski definition) is 2. The van der Waals surface area contributed by atoms with Crippen molar-refractivity contribution < 1.29 is 14.0 Å². The van der Waals surface area contributed by atoms with Crippen molar-refractivity contribution in [1.29, 1.82) is 0 Å². The molecule has 1 saturated carbocycles. The molecule has 0 bridgehead atoms. The van der Waals surface area contributed by atoms with Gasteiger partial charge in [-0.2, -0.15) is 0 Å². The molecule has 0 saturated heterocycles. The van der Waals surface area contributed by atoms with Crippen molar-refractivity contribution in [2.45, 2.75) is 39.3 Å². The van der Waals surface area contributed by atoms with Gasteiger partial charge in [0.1, 0.15) is 5.82 Å². The van der Waals surface area contributed by atoms with Gasteiger partial charge in [-0.15, -0.1) is 0 Å². The number of hydrogen-bond acceptors (Lipinski definition) is 3. The second-order valence-electron chi connectivity index (χ2n) is 7.05. The van der Waals surface area contributed by atoms with E-state index in [1.54, 1.807) is 18.2 Å². The number of nitrogens with one attached hydrogen (secondary N) is 2. The molecule has 0 spiro atoms. The molecule has 6 heteroatoms. The highest BCUT2D eigenvalue weighted by Gasteiger charge is 2.31. The van der Waals surface area contributed by atoms with Crippen LogP contribution in [0.4, 0.5) is 14.9 Å². The normalized spacial score (nSPS) is 13.5. The van der Waals surface area contributed by atoms with Gasteiger partial charge in [-0.3, -0.25) is 15.0 Å². The van der Waals surface area contributed by atoms with Crippen LogP contribution in [0.1, 0.15) is 29.5 Å². The zero-order valence-electron chi connectivity index (χ0n) is 15.6. The third-order valence-corrected chi connectivity index (χ3v) is 4.62. The average molecular weight is 369 g/mol. The zero-order valence-corrected chi connectivity index (χ0v) is 15.6. The molecule has 0 radical (unpaired) electrons. The largest absolute Gasteiger partial charge is 0.325 e. The minimum Gasteiger partial charge on any atom is -0.307 e. The van der Waals surface area contributed by atoms with Gasteiger partial charge in [0.15, 0.2) is 0 Å². The van der Waals surface area contributed by atoms with E-state index in [1.165, 1.54) is 6.07 Å². The first-order valence-electron chi connectivity index (χ1n) is 9.08. The van der Waals surface area contributed by atoms with Crippen LogP contribution in [0.5, 0.6) is 0 Å². The lowest BCUT2D eigenvalue weighted by Gasteiger charge is -2.21. The van der Waals surface area contributed by atoms with Crippen LogP contribution in [0.15, 0.2) is 42.5 Å². The van der Waals surface area contributed by atoms with Crippen molar-refractivity contribution in [3.05, 3.63) is 65.0 Å².